The highest BCUT2D eigenvalue weighted by molar-refractivity contribution is 9.12. The van der Waals surface area contributed by atoms with Gasteiger partial charge in [0.05, 0.1) is 13.1 Å². The maximum Gasteiger partial charge on any atom is 0.256 e. The van der Waals surface area contributed by atoms with Crippen molar-refractivity contribution in [1.82, 2.24) is 4.90 Å². The van der Waals surface area contributed by atoms with Gasteiger partial charge in [0.1, 0.15) is 0 Å². The molecule has 2 heterocycles. The fourth-order valence-corrected chi connectivity index (χ4v) is 4.99. The summed E-state index contributed by atoms with van der Waals surface area (Å²) in [5.41, 5.74) is 0.780. The topological polar surface area (TPSA) is 20.3 Å². The SMILES string of the molecule is CC1CCC(C)N(C(=O)c2cc(Br)sc2Br)C1. The van der Waals surface area contributed by atoms with E-state index in [1.54, 1.807) is 11.3 Å². The van der Waals surface area contributed by atoms with Crippen LogP contribution in [0.5, 0.6) is 0 Å². The first-order valence-corrected chi connectivity index (χ1v) is 8.15. The Kier molecular flexibility index (Phi) is 4.31. The number of carbonyl (C=O) groups is 1. The van der Waals surface area contributed by atoms with E-state index < -0.39 is 0 Å². The number of rotatable bonds is 1. The average molecular weight is 381 g/mol. The minimum absolute atomic E-state index is 0.151. The molecular formula is C12H15Br2NOS. The first-order chi connectivity index (χ1) is 7.99. The van der Waals surface area contributed by atoms with Crippen LogP contribution in [0.3, 0.4) is 0 Å². The van der Waals surface area contributed by atoms with E-state index >= 15 is 0 Å². The van der Waals surface area contributed by atoms with Crippen LogP contribution in [-0.2, 0) is 0 Å². The summed E-state index contributed by atoms with van der Waals surface area (Å²) in [6, 6.07) is 2.26. The molecule has 0 bridgehead atoms. The number of hydrogen-bond donors (Lipinski definition) is 0. The molecule has 0 spiro atoms. The molecule has 2 unspecified atom stereocenters. The normalized spacial score (nSPS) is 25.1. The lowest BCUT2D eigenvalue weighted by molar-refractivity contribution is 0.0574. The number of halogens is 2. The van der Waals surface area contributed by atoms with Crippen LogP contribution in [0.1, 0.15) is 37.0 Å². The molecule has 1 aliphatic rings. The standard InChI is InChI=1S/C12H15Br2NOS/c1-7-3-4-8(2)15(6-7)12(16)9-5-10(13)17-11(9)14/h5,7-8H,3-4,6H2,1-2H3. The molecular weight excluding hydrogens is 366 g/mol. The van der Waals surface area contributed by atoms with Crippen molar-refractivity contribution in [1.29, 1.82) is 0 Å². The summed E-state index contributed by atoms with van der Waals surface area (Å²) in [6.45, 7) is 5.23. The first-order valence-electron chi connectivity index (χ1n) is 5.75. The van der Waals surface area contributed by atoms with Gasteiger partial charge in [0.25, 0.3) is 5.91 Å². The van der Waals surface area contributed by atoms with Crippen molar-refractivity contribution in [3.8, 4) is 0 Å². The van der Waals surface area contributed by atoms with Crippen LogP contribution in [0.2, 0.25) is 0 Å². The number of nitrogens with zero attached hydrogens (tertiary/aromatic N) is 1. The van der Waals surface area contributed by atoms with Gasteiger partial charge in [-0.15, -0.1) is 11.3 Å². The molecule has 17 heavy (non-hydrogen) atoms. The predicted molar refractivity (Wildman–Crippen MR) is 78.6 cm³/mol. The lowest BCUT2D eigenvalue weighted by Crippen LogP contribution is -2.44. The van der Waals surface area contributed by atoms with Gasteiger partial charge in [0.2, 0.25) is 0 Å². The Bertz CT molecular complexity index is 432. The fraction of sp³-hybridized carbons (Fsp3) is 0.583. The Balaban J connectivity index is 2.21. The maximum atomic E-state index is 12.5. The molecule has 0 N–H and O–H groups in total. The number of amides is 1. The van der Waals surface area contributed by atoms with Crippen LogP contribution in [0.25, 0.3) is 0 Å². The highest BCUT2D eigenvalue weighted by Gasteiger charge is 2.29. The third-order valence-electron chi connectivity index (χ3n) is 3.27. The summed E-state index contributed by atoms with van der Waals surface area (Å²) < 4.78 is 1.91. The summed E-state index contributed by atoms with van der Waals surface area (Å²) in [5.74, 6) is 0.758. The number of piperidine rings is 1. The molecule has 0 aliphatic carbocycles. The monoisotopic (exact) mass is 379 g/mol. The Labute approximate surface area is 123 Å². The summed E-state index contributed by atoms with van der Waals surface area (Å²) in [6.07, 6.45) is 2.33. The average Bonchev–Trinajstić information content (AvgIpc) is 2.60. The first kappa shape index (κ1) is 13.6. The van der Waals surface area contributed by atoms with Crippen molar-refractivity contribution in [3.05, 3.63) is 19.2 Å². The second kappa shape index (κ2) is 5.41. The Hall–Kier alpha value is 0.130. The van der Waals surface area contributed by atoms with Crippen LogP contribution in [-0.4, -0.2) is 23.4 Å². The van der Waals surface area contributed by atoms with E-state index in [4.69, 9.17) is 0 Å². The minimum atomic E-state index is 0.151. The maximum absolute atomic E-state index is 12.5. The van der Waals surface area contributed by atoms with Gasteiger partial charge < -0.3 is 4.90 Å². The van der Waals surface area contributed by atoms with Crippen molar-refractivity contribution >= 4 is 49.1 Å². The highest BCUT2D eigenvalue weighted by Crippen LogP contribution is 2.34. The van der Waals surface area contributed by atoms with Gasteiger partial charge in [-0.25, -0.2) is 0 Å². The van der Waals surface area contributed by atoms with Gasteiger partial charge in [-0.1, -0.05) is 6.92 Å². The van der Waals surface area contributed by atoms with Crippen molar-refractivity contribution in [2.75, 3.05) is 6.54 Å². The summed E-state index contributed by atoms with van der Waals surface area (Å²) in [4.78, 5) is 14.5. The molecule has 1 aliphatic heterocycles. The Morgan fingerprint density at radius 2 is 2.12 bits per heavy atom. The zero-order chi connectivity index (χ0) is 12.6. The third-order valence-corrected chi connectivity index (χ3v) is 5.60. The molecule has 94 valence electrons. The van der Waals surface area contributed by atoms with Crippen LogP contribution in [0.4, 0.5) is 0 Å². The number of carbonyl (C=O) groups excluding carboxylic acids is 1. The molecule has 2 nitrogen and oxygen atoms in total. The molecule has 2 atom stereocenters. The van der Waals surface area contributed by atoms with Gasteiger partial charge in [-0.05, 0) is 63.6 Å². The van der Waals surface area contributed by atoms with E-state index in [9.17, 15) is 4.79 Å². The van der Waals surface area contributed by atoms with Gasteiger partial charge in [0.15, 0.2) is 0 Å². The highest BCUT2D eigenvalue weighted by atomic mass is 79.9. The molecule has 0 saturated carbocycles. The molecule has 0 aromatic carbocycles. The second-order valence-electron chi connectivity index (χ2n) is 4.73. The lowest BCUT2D eigenvalue weighted by atomic mass is 9.94. The van der Waals surface area contributed by atoms with E-state index in [0.717, 1.165) is 26.1 Å². The van der Waals surface area contributed by atoms with E-state index in [2.05, 4.69) is 45.7 Å². The molecule has 1 fully saturated rings. The summed E-state index contributed by atoms with van der Waals surface area (Å²) >= 11 is 8.43. The van der Waals surface area contributed by atoms with Gasteiger partial charge in [-0.3, -0.25) is 4.79 Å². The molecule has 1 aromatic rings. The molecule has 0 radical (unpaired) electrons. The third kappa shape index (κ3) is 2.93. The predicted octanol–water partition coefficient (Wildman–Crippen LogP) is 4.53. The van der Waals surface area contributed by atoms with Gasteiger partial charge in [0, 0.05) is 12.6 Å². The van der Waals surface area contributed by atoms with Gasteiger partial charge in [-0.2, -0.15) is 0 Å². The Morgan fingerprint density at radius 3 is 2.71 bits per heavy atom. The largest absolute Gasteiger partial charge is 0.336 e. The molecule has 5 heteroatoms. The van der Waals surface area contributed by atoms with Crippen LogP contribution >= 0.6 is 43.2 Å². The van der Waals surface area contributed by atoms with E-state index in [1.807, 2.05) is 11.0 Å². The van der Waals surface area contributed by atoms with Crippen LogP contribution < -0.4 is 0 Å². The van der Waals surface area contributed by atoms with Gasteiger partial charge >= 0.3 is 0 Å². The van der Waals surface area contributed by atoms with Crippen molar-refractivity contribution in [2.45, 2.75) is 32.7 Å². The minimum Gasteiger partial charge on any atom is -0.336 e. The summed E-state index contributed by atoms with van der Waals surface area (Å²) in [7, 11) is 0. The van der Waals surface area contributed by atoms with Crippen molar-refractivity contribution in [3.63, 3.8) is 0 Å². The zero-order valence-electron chi connectivity index (χ0n) is 9.87. The van der Waals surface area contributed by atoms with Crippen LogP contribution in [0.15, 0.2) is 13.6 Å². The van der Waals surface area contributed by atoms with Crippen molar-refractivity contribution in [2.24, 2.45) is 5.92 Å². The smallest absolute Gasteiger partial charge is 0.256 e. The summed E-state index contributed by atoms with van der Waals surface area (Å²) in [5, 5.41) is 0. The lowest BCUT2D eigenvalue weighted by Gasteiger charge is -2.36. The van der Waals surface area contributed by atoms with E-state index in [-0.39, 0.29) is 5.91 Å². The molecule has 1 aromatic heterocycles. The quantitative estimate of drug-likeness (QED) is 0.700. The van der Waals surface area contributed by atoms with Crippen molar-refractivity contribution < 1.29 is 4.79 Å². The number of hydrogen-bond acceptors (Lipinski definition) is 2. The Morgan fingerprint density at radius 1 is 1.41 bits per heavy atom. The van der Waals surface area contributed by atoms with Crippen LogP contribution in [0, 0.1) is 5.92 Å². The zero-order valence-corrected chi connectivity index (χ0v) is 13.9. The fourth-order valence-electron chi connectivity index (χ4n) is 2.21. The van der Waals surface area contributed by atoms with E-state index in [0.29, 0.717) is 12.0 Å². The molecule has 1 amide bonds. The molecule has 2 rings (SSSR count). The molecule has 1 saturated heterocycles. The number of likely N-dealkylation sites (tertiary alicyclic amines) is 1. The second-order valence-corrected chi connectivity index (χ2v) is 8.48. The number of thiophene rings is 1. The van der Waals surface area contributed by atoms with E-state index in [1.165, 1.54) is 6.42 Å².